The average Bonchev–Trinajstić information content (AvgIpc) is 2.35. The Morgan fingerprint density at radius 1 is 1.28 bits per heavy atom. The maximum atomic E-state index is 9.06. The molecule has 0 radical (unpaired) electrons. The van der Waals surface area contributed by atoms with Crippen LogP contribution in [0.4, 0.5) is 0 Å². The summed E-state index contributed by atoms with van der Waals surface area (Å²) in [4.78, 5) is 2.60. The largest absolute Gasteiger partial charge is 0.396 e. The minimum Gasteiger partial charge on any atom is -0.396 e. The Balaban J connectivity index is 1.80. The van der Waals surface area contributed by atoms with Crippen LogP contribution < -0.4 is 5.73 Å². The molecule has 2 aliphatic rings. The SMILES string of the molecule is CC1CCC(N)C(CN2CCCC(CCO)C2)C1. The highest BCUT2D eigenvalue weighted by Crippen LogP contribution is 2.30. The number of rotatable bonds is 4. The minimum absolute atomic E-state index is 0.346. The van der Waals surface area contributed by atoms with E-state index in [9.17, 15) is 0 Å². The van der Waals surface area contributed by atoms with Crippen molar-refractivity contribution in [1.82, 2.24) is 4.90 Å². The highest BCUT2D eigenvalue weighted by molar-refractivity contribution is 4.84. The summed E-state index contributed by atoms with van der Waals surface area (Å²) in [6, 6.07) is 0.416. The molecular formula is C15H30N2O. The lowest BCUT2D eigenvalue weighted by atomic mass is 9.78. The van der Waals surface area contributed by atoms with Gasteiger partial charge in [0, 0.05) is 25.7 Å². The number of nitrogens with zero attached hydrogens (tertiary/aromatic N) is 1. The van der Waals surface area contributed by atoms with Crippen molar-refractivity contribution in [2.75, 3.05) is 26.2 Å². The molecule has 1 aliphatic heterocycles. The summed E-state index contributed by atoms with van der Waals surface area (Å²) in [7, 11) is 0. The Morgan fingerprint density at radius 2 is 2.11 bits per heavy atom. The first-order valence-electron chi connectivity index (χ1n) is 7.77. The molecule has 1 aliphatic carbocycles. The third-order valence-corrected chi connectivity index (χ3v) is 4.94. The quantitative estimate of drug-likeness (QED) is 0.805. The predicted octanol–water partition coefficient (Wildman–Crippen LogP) is 1.84. The number of hydrogen-bond acceptors (Lipinski definition) is 3. The molecule has 4 atom stereocenters. The Labute approximate surface area is 112 Å². The van der Waals surface area contributed by atoms with Crippen molar-refractivity contribution >= 4 is 0 Å². The molecule has 3 N–H and O–H groups in total. The number of likely N-dealkylation sites (tertiary alicyclic amines) is 1. The second-order valence-corrected chi connectivity index (χ2v) is 6.62. The summed E-state index contributed by atoms with van der Waals surface area (Å²) in [5, 5.41) is 9.06. The molecule has 0 amide bonds. The van der Waals surface area contributed by atoms with Crippen molar-refractivity contribution in [1.29, 1.82) is 0 Å². The molecule has 0 bridgehead atoms. The molecule has 2 fully saturated rings. The number of nitrogens with two attached hydrogens (primary N) is 1. The summed E-state index contributed by atoms with van der Waals surface area (Å²) in [6.45, 7) is 6.31. The Kier molecular flexibility index (Phi) is 5.46. The number of aliphatic hydroxyl groups excluding tert-OH is 1. The molecule has 18 heavy (non-hydrogen) atoms. The van der Waals surface area contributed by atoms with Crippen molar-refractivity contribution in [2.45, 2.75) is 51.5 Å². The first-order valence-corrected chi connectivity index (χ1v) is 7.77. The van der Waals surface area contributed by atoms with Gasteiger partial charge in [0.05, 0.1) is 0 Å². The molecule has 3 heteroatoms. The zero-order valence-electron chi connectivity index (χ0n) is 11.9. The molecule has 2 rings (SSSR count). The molecule has 3 nitrogen and oxygen atoms in total. The summed E-state index contributed by atoms with van der Waals surface area (Å²) < 4.78 is 0. The van der Waals surface area contributed by atoms with Crippen LogP contribution in [0.25, 0.3) is 0 Å². The monoisotopic (exact) mass is 254 g/mol. The van der Waals surface area contributed by atoms with Gasteiger partial charge in [-0.15, -0.1) is 0 Å². The van der Waals surface area contributed by atoms with E-state index in [2.05, 4.69) is 11.8 Å². The lowest BCUT2D eigenvalue weighted by Crippen LogP contribution is -2.45. The van der Waals surface area contributed by atoms with Crippen molar-refractivity contribution < 1.29 is 5.11 Å². The maximum absolute atomic E-state index is 9.06. The Bertz CT molecular complexity index is 245. The average molecular weight is 254 g/mol. The topological polar surface area (TPSA) is 49.5 Å². The van der Waals surface area contributed by atoms with E-state index in [4.69, 9.17) is 10.8 Å². The zero-order chi connectivity index (χ0) is 13.0. The first-order chi connectivity index (χ1) is 8.69. The molecule has 1 saturated heterocycles. The molecule has 106 valence electrons. The van der Waals surface area contributed by atoms with Crippen molar-refractivity contribution in [3.05, 3.63) is 0 Å². The van der Waals surface area contributed by atoms with Gasteiger partial charge >= 0.3 is 0 Å². The normalized spacial score (nSPS) is 38.8. The van der Waals surface area contributed by atoms with Gasteiger partial charge in [-0.05, 0) is 62.8 Å². The van der Waals surface area contributed by atoms with E-state index in [1.165, 1.54) is 51.7 Å². The molecule has 4 unspecified atom stereocenters. The molecular weight excluding hydrogens is 224 g/mol. The summed E-state index contributed by atoms with van der Waals surface area (Å²) >= 11 is 0. The zero-order valence-corrected chi connectivity index (χ0v) is 11.9. The van der Waals surface area contributed by atoms with E-state index in [-0.39, 0.29) is 0 Å². The van der Waals surface area contributed by atoms with Gasteiger partial charge < -0.3 is 15.7 Å². The van der Waals surface area contributed by atoms with E-state index in [0.717, 1.165) is 12.3 Å². The van der Waals surface area contributed by atoms with Gasteiger partial charge in [-0.1, -0.05) is 6.92 Å². The standard InChI is InChI=1S/C15H30N2O/c1-12-4-5-15(16)14(9-12)11-17-7-2-3-13(10-17)6-8-18/h12-15,18H,2-11,16H2,1H3. The van der Waals surface area contributed by atoms with Crippen molar-refractivity contribution in [3.8, 4) is 0 Å². The lowest BCUT2D eigenvalue weighted by Gasteiger charge is -2.39. The second-order valence-electron chi connectivity index (χ2n) is 6.62. The molecule has 1 saturated carbocycles. The smallest absolute Gasteiger partial charge is 0.0434 e. The van der Waals surface area contributed by atoms with E-state index in [1.54, 1.807) is 0 Å². The fraction of sp³-hybridized carbons (Fsp3) is 1.00. The predicted molar refractivity (Wildman–Crippen MR) is 75.3 cm³/mol. The van der Waals surface area contributed by atoms with E-state index in [0.29, 0.717) is 24.5 Å². The van der Waals surface area contributed by atoms with Gasteiger partial charge in [0.1, 0.15) is 0 Å². The third-order valence-electron chi connectivity index (χ3n) is 4.94. The van der Waals surface area contributed by atoms with Gasteiger partial charge in [0.25, 0.3) is 0 Å². The fourth-order valence-corrected chi connectivity index (χ4v) is 3.80. The lowest BCUT2D eigenvalue weighted by molar-refractivity contribution is 0.106. The van der Waals surface area contributed by atoms with Crippen molar-refractivity contribution in [3.63, 3.8) is 0 Å². The van der Waals surface area contributed by atoms with Crippen LogP contribution in [0, 0.1) is 17.8 Å². The highest BCUT2D eigenvalue weighted by Gasteiger charge is 2.29. The van der Waals surface area contributed by atoms with Gasteiger partial charge in [0.15, 0.2) is 0 Å². The van der Waals surface area contributed by atoms with Gasteiger partial charge in [-0.25, -0.2) is 0 Å². The maximum Gasteiger partial charge on any atom is 0.0434 e. The number of hydrogen-bond donors (Lipinski definition) is 2. The number of piperidine rings is 1. The minimum atomic E-state index is 0.346. The van der Waals surface area contributed by atoms with Crippen LogP contribution in [0.3, 0.4) is 0 Å². The summed E-state index contributed by atoms with van der Waals surface area (Å²) in [5.74, 6) is 2.26. The van der Waals surface area contributed by atoms with Gasteiger partial charge in [-0.3, -0.25) is 0 Å². The van der Waals surface area contributed by atoms with Crippen LogP contribution in [-0.2, 0) is 0 Å². The highest BCUT2D eigenvalue weighted by atomic mass is 16.3. The summed E-state index contributed by atoms with van der Waals surface area (Å²) in [5.41, 5.74) is 6.29. The van der Waals surface area contributed by atoms with Crippen LogP contribution in [0.1, 0.15) is 45.4 Å². The first kappa shape index (κ1) is 14.3. The molecule has 0 aromatic rings. The molecule has 0 aromatic carbocycles. The third kappa shape index (κ3) is 3.94. The van der Waals surface area contributed by atoms with E-state index >= 15 is 0 Å². The van der Waals surface area contributed by atoms with Crippen LogP contribution in [0.15, 0.2) is 0 Å². The fourth-order valence-electron chi connectivity index (χ4n) is 3.80. The Hall–Kier alpha value is -0.120. The Morgan fingerprint density at radius 3 is 2.89 bits per heavy atom. The molecule has 0 spiro atoms. The van der Waals surface area contributed by atoms with Crippen molar-refractivity contribution in [2.24, 2.45) is 23.5 Å². The van der Waals surface area contributed by atoms with Gasteiger partial charge in [-0.2, -0.15) is 0 Å². The van der Waals surface area contributed by atoms with Crippen LogP contribution in [0.5, 0.6) is 0 Å². The van der Waals surface area contributed by atoms with E-state index in [1.807, 2.05) is 0 Å². The van der Waals surface area contributed by atoms with E-state index < -0.39 is 0 Å². The van der Waals surface area contributed by atoms with Crippen LogP contribution >= 0.6 is 0 Å². The summed E-state index contributed by atoms with van der Waals surface area (Å²) in [6.07, 6.45) is 7.39. The second kappa shape index (κ2) is 6.88. The molecule has 1 heterocycles. The molecule has 0 aromatic heterocycles. The van der Waals surface area contributed by atoms with Crippen LogP contribution in [-0.4, -0.2) is 42.3 Å². The number of aliphatic hydroxyl groups is 1. The van der Waals surface area contributed by atoms with Gasteiger partial charge in [0.2, 0.25) is 0 Å². The van der Waals surface area contributed by atoms with Crippen LogP contribution in [0.2, 0.25) is 0 Å².